The third-order valence-electron chi connectivity index (χ3n) is 2.96. The molecule has 0 fully saturated rings. The first kappa shape index (κ1) is 14.2. The molecule has 3 rings (SSSR count). The lowest BCUT2D eigenvalue weighted by Crippen LogP contribution is -2.09. The molecule has 0 radical (unpaired) electrons. The third-order valence-corrected chi connectivity index (χ3v) is 4.41. The van der Waals surface area contributed by atoms with Gasteiger partial charge in [-0.15, -0.1) is 0 Å². The van der Waals surface area contributed by atoms with Crippen molar-refractivity contribution in [2.75, 3.05) is 11.7 Å². The van der Waals surface area contributed by atoms with Gasteiger partial charge in [-0.3, -0.25) is 0 Å². The summed E-state index contributed by atoms with van der Waals surface area (Å²) >= 11 is 3.10. The van der Waals surface area contributed by atoms with E-state index in [-0.39, 0.29) is 0 Å². The zero-order valence-corrected chi connectivity index (χ0v) is 13.0. The average molecular weight is 314 g/mol. The van der Waals surface area contributed by atoms with Crippen molar-refractivity contribution >= 4 is 40.1 Å². The number of nitrogens with two attached hydrogens (primary N) is 1. The van der Waals surface area contributed by atoms with Crippen LogP contribution in [0.15, 0.2) is 63.6 Å². The van der Waals surface area contributed by atoms with E-state index in [0.29, 0.717) is 11.0 Å². The van der Waals surface area contributed by atoms with Gasteiger partial charge in [0.15, 0.2) is 5.16 Å². The Morgan fingerprint density at radius 1 is 1.00 bits per heavy atom. The zero-order valence-electron chi connectivity index (χ0n) is 11.4. The van der Waals surface area contributed by atoms with Crippen LogP contribution >= 0.6 is 23.5 Å². The maximum atomic E-state index is 5.45. The zero-order chi connectivity index (χ0) is 14.7. The van der Waals surface area contributed by atoms with Gasteiger partial charge in [-0.1, -0.05) is 53.9 Å². The standard InChI is InChI=1S/C15H14N4S2/c1-20-15-17-13(19-16)9-14(18-15)21-12-7-6-10-4-2-3-5-11(10)8-12/h2-9H,16H2,1H3,(H,17,18,19). The Balaban J connectivity index is 1.94. The summed E-state index contributed by atoms with van der Waals surface area (Å²) in [5.74, 6) is 6.07. The van der Waals surface area contributed by atoms with Gasteiger partial charge in [0.25, 0.3) is 0 Å². The Labute approximate surface area is 131 Å². The molecule has 0 aliphatic carbocycles. The van der Waals surface area contributed by atoms with Crippen molar-refractivity contribution in [3.63, 3.8) is 0 Å². The Kier molecular flexibility index (Phi) is 4.28. The predicted octanol–water partition coefficient (Wildman–Crippen LogP) is 3.79. The highest BCUT2D eigenvalue weighted by Gasteiger charge is 2.06. The number of hydrazine groups is 1. The van der Waals surface area contributed by atoms with Crippen molar-refractivity contribution < 1.29 is 0 Å². The van der Waals surface area contributed by atoms with Crippen LogP contribution in [-0.2, 0) is 0 Å². The van der Waals surface area contributed by atoms with Crippen LogP contribution in [0.2, 0.25) is 0 Å². The van der Waals surface area contributed by atoms with Gasteiger partial charge in [0, 0.05) is 11.0 Å². The van der Waals surface area contributed by atoms with E-state index in [4.69, 9.17) is 5.84 Å². The summed E-state index contributed by atoms with van der Waals surface area (Å²) in [6, 6.07) is 16.5. The second-order valence-electron chi connectivity index (χ2n) is 4.33. The van der Waals surface area contributed by atoms with Gasteiger partial charge in [0.2, 0.25) is 0 Å². The number of fused-ring (bicyclic) bond motifs is 1. The molecule has 6 heteroatoms. The van der Waals surface area contributed by atoms with Crippen LogP contribution in [0, 0.1) is 0 Å². The second-order valence-corrected chi connectivity index (χ2v) is 6.20. The summed E-state index contributed by atoms with van der Waals surface area (Å²) in [7, 11) is 0. The molecule has 0 atom stereocenters. The molecule has 106 valence electrons. The summed E-state index contributed by atoms with van der Waals surface area (Å²) in [6.07, 6.45) is 1.94. The summed E-state index contributed by atoms with van der Waals surface area (Å²) in [4.78, 5) is 9.90. The topological polar surface area (TPSA) is 63.8 Å². The van der Waals surface area contributed by atoms with Gasteiger partial charge in [-0.25, -0.2) is 15.8 Å². The number of rotatable bonds is 4. The molecule has 0 spiro atoms. The van der Waals surface area contributed by atoms with Crippen LogP contribution in [0.3, 0.4) is 0 Å². The molecular weight excluding hydrogens is 300 g/mol. The van der Waals surface area contributed by atoms with E-state index in [1.54, 1.807) is 11.8 Å². The first-order valence-corrected chi connectivity index (χ1v) is 8.39. The number of hydrogen-bond acceptors (Lipinski definition) is 6. The van der Waals surface area contributed by atoms with Gasteiger partial charge in [0.1, 0.15) is 10.8 Å². The van der Waals surface area contributed by atoms with Crippen molar-refractivity contribution in [1.29, 1.82) is 0 Å². The van der Waals surface area contributed by atoms with E-state index < -0.39 is 0 Å². The molecule has 0 saturated carbocycles. The minimum atomic E-state index is 0.623. The van der Waals surface area contributed by atoms with E-state index in [0.717, 1.165) is 9.92 Å². The lowest BCUT2D eigenvalue weighted by molar-refractivity contribution is 0.893. The highest BCUT2D eigenvalue weighted by atomic mass is 32.2. The molecule has 3 N–H and O–H groups in total. The fraction of sp³-hybridized carbons (Fsp3) is 0.0667. The Morgan fingerprint density at radius 3 is 2.57 bits per heavy atom. The van der Waals surface area contributed by atoms with E-state index in [2.05, 4.69) is 45.7 Å². The molecule has 4 nitrogen and oxygen atoms in total. The van der Waals surface area contributed by atoms with Gasteiger partial charge < -0.3 is 5.43 Å². The van der Waals surface area contributed by atoms with E-state index >= 15 is 0 Å². The number of thioether (sulfide) groups is 1. The molecule has 3 aromatic rings. The molecule has 0 bridgehead atoms. The van der Waals surface area contributed by atoms with Crippen LogP contribution in [0.5, 0.6) is 0 Å². The second kappa shape index (κ2) is 6.34. The number of anilines is 1. The highest BCUT2D eigenvalue weighted by Crippen LogP contribution is 2.30. The summed E-state index contributed by atoms with van der Waals surface area (Å²) in [5, 5.41) is 4.03. The van der Waals surface area contributed by atoms with Crippen LogP contribution in [0.25, 0.3) is 10.8 Å². The Morgan fingerprint density at radius 2 is 1.81 bits per heavy atom. The molecule has 2 aromatic carbocycles. The molecule has 0 unspecified atom stereocenters. The fourth-order valence-electron chi connectivity index (χ4n) is 1.97. The van der Waals surface area contributed by atoms with Crippen LogP contribution < -0.4 is 11.3 Å². The maximum absolute atomic E-state index is 5.45. The minimum absolute atomic E-state index is 0.623. The lowest BCUT2D eigenvalue weighted by atomic mass is 10.1. The average Bonchev–Trinajstić information content (AvgIpc) is 2.54. The van der Waals surface area contributed by atoms with Crippen LogP contribution in [-0.4, -0.2) is 16.2 Å². The van der Waals surface area contributed by atoms with E-state index in [9.17, 15) is 0 Å². The normalized spacial score (nSPS) is 10.8. The number of nitrogens with one attached hydrogen (secondary N) is 1. The molecule has 1 heterocycles. The first-order chi connectivity index (χ1) is 10.3. The van der Waals surface area contributed by atoms with Crippen molar-refractivity contribution in [2.45, 2.75) is 15.1 Å². The predicted molar refractivity (Wildman–Crippen MR) is 89.7 cm³/mol. The van der Waals surface area contributed by atoms with Crippen molar-refractivity contribution in [2.24, 2.45) is 5.84 Å². The first-order valence-electron chi connectivity index (χ1n) is 6.35. The minimum Gasteiger partial charge on any atom is -0.308 e. The Hall–Kier alpha value is -1.76. The van der Waals surface area contributed by atoms with Gasteiger partial charge in [-0.2, -0.15) is 0 Å². The van der Waals surface area contributed by atoms with Crippen molar-refractivity contribution in [3.05, 3.63) is 48.5 Å². The van der Waals surface area contributed by atoms with Crippen molar-refractivity contribution in [3.8, 4) is 0 Å². The highest BCUT2D eigenvalue weighted by molar-refractivity contribution is 7.99. The molecule has 0 amide bonds. The molecule has 0 aliphatic rings. The molecule has 0 aliphatic heterocycles. The Bertz CT molecular complexity index is 754. The molecule has 21 heavy (non-hydrogen) atoms. The third kappa shape index (κ3) is 3.29. The van der Waals surface area contributed by atoms with Crippen molar-refractivity contribution in [1.82, 2.24) is 9.97 Å². The SMILES string of the molecule is CSc1nc(NN)cc(Sc2ccc3ccccc3c2)n1. The van der Waals surface area contributed by atoms with Crippen LogP contribution in [0.4, 0.5) is 5.82 Å². The largest absolute Gasteiger partial charge is 0.308 e. The van der Waals surface area contributed by atoms with Gasteiger partial charge in [0.05, 0.1) is 0 Å². The maximum Gasteiger partial charge on any atom is 0.190 e. The van der Waals surface area contributed by atoms with Gasteiger partial charge in [-0.05, 0) is 29.2 Å². The monoisotopic (exact) mass is 314 g/mol. The number of aromatic nitrogens is 2. The lowest BCUT2D eigenvalue weighted by Gasteiger charge is -2.06. The summed E-state index contributed by atoms with van der Waals surface area (Å²) < 4.78 is 0. The fourth-order valence-corrected chi connectivity index (χ4v) is 3.28. The number of nitrogens with zero attached hydrogens (tertiary/aromatic N) is 2. The smallest absolute Gasteiger partial charge is 0.190 e. The molecule has 1 aromatic heterocycles. The van der Waals surface area contributed by atoms with E-state index in [1.807, 2.05) is 24.5 Å². The quantitative estimate of drug-likeness (QED) is 0.251. The van der Waals surface area contributed by atoms with Gasteiger partial charge >= 0.3 is 0 Å². The molecular formula is C15H14N4S2. The van der Waals surface area contributed by atoms with E-state index in [1.165, 1.54) is 22.5 Å². The summed E-state index contributed by atoms with van der Waals surface area (Å²) in [5.41, 5.74) is 2.58. The molecule has 0 saturated heterocycles. The number of hydrogen-bond donors (Lipinski definition) is 2. The number of nitrogen functional groups attached to an aromatic ring is 1. The summed E-state index contributed by atoms with van der Waals surface area (Å²) in [6.45, 7) is 0. The van der Waals surface area contributed by atoms with Crippen LogP contribution in [0.1, 0.15) is 0 Å². The number of benzene rings is 2.